The molecule has 0 saturated carbocycles. The van der Waals surface area contributed by atoms with Gasteiger partial charge in [0.15, 0.2) is 0 Å². The first-order valence-corrected chi connectivity index (χ1v) is 8.81. The first-order valence-electron chi connectivity index (χ1n) is 7.20. The van der Waals surface area contributed by atoms with Crippen LogP contribution in [0.25, 0.3) is 0 Å². The fourth-order valence-corrected chi connectivity index (χ4v) is 3.77. The standard InChI is InChI=1S/C17H21BrN2S/c1-4-7-19-11-14-5-6-15(10-16(14)18)21-17-9-12(2)8-13(3)20-17/h5-6,8-10,19H,4,7,11H2,1-3H3. The van der Waals surface area contributed by atoms with Crippen LogP contribution in [0.3, 0.4) is 0 Å². The van der Waals surface area contributed by atoms with Crippen LogP contribution in [-0.2, 0) is 6.54 Å². The van der Waals surface area contributed by atoms with Gasteiger partial charge >= 0.3 is 0 Å². The Morgan fingerprint density at radius 3 is 2.67 bits per heavy atom. The Morgan fingerprint density at radius 2 is 2.00 bits per heavy atom. The van der Waals surface area contributed by atoms with E-state index in [4.69, 9.17) is 0 Å². The Hall–Kier alpha value is -0.840. The summed E-state index contributed by atoms with van der Waals surface area (Å²) in [5.74, 6) is 0. The minimum absolute atomic E-state index is 0.904. The molecule has 112 valence electrons. The molecule has 0 saturated heterocycles. The van der Waals surface area contributed by atoms with Gasteiger partial charge in [-0.25, -0.2) is 4.98 Å². The van der Waals surface area contributed by atoms with Crippen LogP contribution in [0.15, 0.2) is 44.7 Å². The van der Waals surface area contributed by atoms with Crippen molar-refractivity contribution >= 4 is 27.7 Å². The maximum Gasteiger partial charge on any atom is 0.101 e. The van der Waals surface area contributed by atoms with E-state index in [0.717, 1.165) is 34.7 Å². The third-order valence-electron chi connectivity index (χ3n) is 3.06. The van der Waals surface area contributed by atoms with Crippen molar-refractivity contribution in [1.82, 2.24) is 10.3 Å². The molecule has 2 rings (SSSR count). The molecule has 0 unspecified atom stereocenters. The van der Waals surface area contributed by atoms with E-state index in [1.54, 1.807) is 11.8 Å². The summed E-state index contributed by atoms with van der Waals surface area (Å²) in [7, 11) is 0. The highest BCUT2D eigenvalue weighted by molar-refractivity contribution is 9.10. The van der Waals surface area contributed by atoms with Crippen molar-refractivity contribution < 1.29 is 0 Å². The number of halogens is 1. The number of hydrogen-bond donors (Lipinski definition) is 1. The number of hydrogen-bond acceptors (Lipinski definition) is 3. The zero-order valence-corrected chi connectivity index (χ0v) is 15.1. The van der Waals surface area contributed by atoms with Crippen LogP contribution < -0.4 is 5.32 Å². The van der Waals surface area contributed by atoms with Gasteiger partial charge in [0.05, 0.1) is 0 Å². The third-order valence-corrected chi connectivity index (χ3v) is 4.71. The fourth-order valence-electron chi connectivity index (χ4n) is 2.11. The van der Waals surface area contributed by atoms with Crippen molar-refractivity contribution in [1.29, 1.82) is 0 Å². The molecule has 1 aromatic heterocycles. The minimum atomic E-state index is 0.904. The highest BCUT2D eigenvalue weighted by atomic mass is 79.9. The van der Waals surface area contributed by atoms with Crippen molar-refractivity contribution in [2.75, 3.05) is 6.54 Å². The van der Waals surface area contributed by atoms with Gasteiger partial charge in [-0.15, -0.1) is 0 Å². The van der Waals surface area contributed by atoms with Crippen LogP contribution >= 0.6 is 27.7 Å². The topological polar surface area (TPSA) is 24.9 Å². The highest BCUT2D eigenvalue weighted by Gasteiger charge is 2.05. The lowest BCUT2D eigenvalue weighted by Crippen LogP contribution is -2.14. The average molecular weight is 365 g/mol. The highest BCUT2D eigenvalue weighted by Crippen LogP contribution is 2.30. The normalized spacial score (nSPS) is 10.9. The second-order valence-corrected chi connectivity index (χ2v) is 7.10. The van der Waals surface area contributed by atoms with Crippen LogP contribution in [0.4, 0.5) is 0 Å². The molecule has 21 heavy (non-hydrogen) atoms. The molecule has 2 nitrogen and oxygen atoms in total. The predicted molar refractivity (Wildman–Crippen MR) is 94.0 cm³/mol. The lowest BCUT2D eigenvalue weighted by Gasteiger charge is -2.09. The summed E-state index contributed by atoms with van der Waals surface area (Å²) in [6.45, 7) is 8.28. The SMILES string of the molecule is CCCNCc1ccc(Sc2cc(C)cc(C)n2)cc1Br. The molecular formula is C17H21BrN2S. The molecule has 1 aromatic carbocycles. The number of rotatable bonds is 6. The zero-order valence-electron chi connectivity index (χ0n) is 12.7. The molecule has 2 aromatic rings. The zero-order chi connectivity index (χ0) is 15.2. The molecule has 0 aliphatic heterocycles. The van der Waals surface area contributed by atoms with E-state index >= 15 is 0 Å². The Kier molecular flexibility index (Phi) is 6.27. The predicted octanol–water partition coefficient (Wildman–Crippen LogP) is 5.11. The van der Waals surface area contributed by atoms with Crippen molar-refractivity contribution in [3.05, 3.63) is 51.6 Å². The van der Waals surface area contributed by atoms with Gasteiger partial charge < -0.3 is 5.32 Å². The summed E-state index contributed by atoms with van der Waals surface area (Å²) in [5, 5.41) is 4.48. The van der Waals surface area contributed by atoms with E-state index in [1.807, 2.05) is 6.92 Å². The molecular weight excluding hydrogens is 344 g/mol. The van der Waals surface area contributed by atoms with Gasteiger partial charge in [-0.3, -0.25) is 0 Å². The third kappa shape index (κ3) is 5.13. The van der Waals surface area contributed by atoms with E-state index in [9.17, 15) is 0 Å². The lowest BCUT2D eigenvalue weighted by atomic mass is 10.2. The van der Waals surface area contributed by atoms with Gasteiger partial charge in [0, 0.05) is 21.6 Å². The quantitative estimate of drug-likeness (QED) is 0.720. The van der Waals surface area contributed by atoms with Gasteiger partial charge in [0.25, 0.3) is 0 Å². The Balaban J connectivity index is 2.09. The number of aromatic nitrogens is 1. The molecule has 0 bridgehead atoms. The monoisotopic (exact) mass is 364 g/mol. The molecule has 0 fully saturated rings. The number of benzene rings is 1. The number of nitrogens with zero attached hydrogens (tertiary/aromatic N) is 1. The van der Waals surface area contributed by atoms with Crippen LogP contribution in [0.5, 0.6) is 0 Å². The van der Waals surface area contributed by atoms with Crippen molar-refractivity contribution in [3.63, 3.8) is 0 Å². The fraction of sp³-hybridized carbons (Fsp3) is 0.353. The number of nitrogens with one attached hydrogen (secondary N) is 1. The Labute approximate surface area is 139 Å². The van der Waals surface area contributed by atoms with Gasteiger partial charge in [-0.05, 0) is 62.2 Å². The Bertz CT molecular complexity index is 593. The maximum absolute atomic E-state index is 4.58. The molecule has 0 spiro atoms. The van der Waals surface area contributed by atoms with Gasteiger partial charge in [-0.2, -0.15) is 0 Å². The van der Waals surface area contributed by atoms with Crippen LogP contribution in [0.2, 0.25) is 0 Å². The van der Waals surface area contributed by atoms with Crippen LogP contribution in [0.1, 0.15) is 30.2 Å². The minimum Gasteiger partial charge on any atom is -0.313 e. The summed E-state index contributed by atoms with van der Waals surface area (Å²) in [6, 6.07) is 10.7. The second-order valence-electron chi connectivity index (χ2n) is 5.16. The molecule has 0 radical (unpaired) electrons. The molecule has 0 atom stereocenters. The van der Waals surface area contributed by atoms with Crippen molar-refractivity contribution in [2.45, 2.75) is 43.7 Å². The van der Waals surface area contributed by atoms with E-state index < -0.39 is 0 Å². The van der Waals surface area contributed by atoms with Gasteiger partial charge in [-0.1, -0.05) is 40.7 Å². The first-order chi connectivity index (χ1) is 10.1. The van der Waals surface area contributed by atoms with Crippen LogP contribution in [-0.4, -0.2) is 11.5 Å². The number of aryl methyl sites for hydroxylation is 2. The van der Waals surface area contributed by atoms with Crippen LogP contribution in [0, 0.1) is 13.8 Å². The molecule has 4 heteroatoms. The molecule has 1 N–H and O–H groups in total. The summed E-state index contributed by atoms with van der Waals surface area (Å²) >= 11 is 5.37. The van der Waals surface area contributed by atoms with E-state index in [2.05, 4.69) is 70.4 Å². The van der Waals surface area contributed by atoms with Crippen molar-refractivity contribution in [3.8, 4) is 0 Å². The summed E-state index contributed by atoms with van der Waals surface area (Å²) in [6.07, 6.45) is 1.16. The lowest BCUT2D eigenvalue weighted by molar-refractivity contribution is 0.673. The van der Waals surface area contributed by atoms with Crippen molar-refractivity contribution in [2.24, 2.45) is 0 Å². The van der Waals surface area contributed by atoms with Gasteiger partial charge in [0.1, 0.15) is 5.03 Å². The van der Waals surface area contributed by atoms with E-state index in [-0.39, 0.29) is 0 Å². The summed E-state index contributed by atoms with van der Waals surface area (Å²) < 4.78 is 1.15. The summed E-state index contributed by atoms with van der Waals surface area (Å²) in [5.41, 5.74) is 3.61. The molecule has 0 aliphatic rings. The van der Waals surface area contributed by atoms with Gasteiger partial charge in [0.2, 0.25) is 0 Å². The number of pyridine rings is 1. The molecule has 0 aliphatic carbocycles. The first kappa shape index (κ1) is 16.5. The molecule has 1 heterocycles. The maximum atomic E-state index is 4.58. The molecule has 0 amide bonds. The summed E-state index contributed by atoms with van der Waals surface area (Å²) in [4.78, 5) is 5.78. The van der Waals surface area contributed by atoms with E-state index in [0.29, 0.717) is 0 Å². The Morgan fingerprint density at radius 1 is 1.19 bits per heavy atom. The largest absolute Gasteiger partial charge is 0.313 e. The second kappa shape index (κ2) is 7.97. The average Bonchev–Trinajstić information content (AvgIpc) is 2.40. The smallest absolute Gasteiger partial charge is 0.101 e. The van der Waals surface area contributed by atoms with E-state index in [1.165, 1.54) is 16.0 Å².